The molecule has 96 valence electrons. The maximum Gasteiger partial charge on any atom is 0.0948 e. The second-order valence-corrected chi connectivity index (χ2v) is 5.16. The van der Waals surface area contributed by atoms with Gasteiger partial charge in [-0.25, -0.2) is 4.98 Å². The van der Waals surface area contributed by atoms with Gasteiger partial charge >= 0.3 is 0 Å². The first-order chi connectivity index (χ1) is 8.24. The quantitative estimate of drug-likeness (QED) is 0.861. The molecule has 1 aliphatic heterocycles. The summed E-state index contributed by atoms with van der Waals surface area (Å²) in [5, 5.41) is 0. The van der Waals surface area contributed by atoms with Crippen molar-refractivity contribution in [3.05, 3.63) is 18.2 Å². The van der Waals surface area contributed by atoms with E-state index in [2.05, 4.69) is 28.3 Å². The maximum atomic E-state index is 5.89. The topological polar surface area (TPSA) is 47.1 Å². The first-order valence-corrected chi connectivity index (χ1v) is 6.67. The van der Waals surface area contributed by atoms with Gasteiger partial charge in [-0.2, -0.15) is 0 Å². The van der Waals surface area contributed by atoms with Crippen LogP contribution in [0.5, 0.6) is 0 Å². The Bertz CT molecular complexity index is 347. The van der Waals surface area contributed by atoms with E-state index in [1.54, 1.807) is 0 Å². The zero-order chi connectivity index (χ0) is 12.3. The van der Waals surface area contributed by atoms with Crippen molar-refractivity contribution in [3.8, 4) is 0 Å². The van der Waals surface area contributed by atoms with Crippen LogP contribution in [-0.4, -0.2) is 33.6 Å². The second kappa shape index (κ2) is 5.65. The number of rotatable bonds is 4. The summed E-state index contributed by atoms with van der Waals surface area (Å²) in [7, 11) is 0. The molecular weight excluding hydrogens is 212 g/mol. The molecule has 0 saturated carbocycles. The van der Waals surface area contributed by atoms with Gasteiger partial charge < -0.3 is 10.3 Å². The van der Waals surface area contributed by atoms with Crippen molar-refractivity contribution < 1.29 is 0 Å². The van der Waals surface area contributed by atoms with E-state index >= 15 is 0 Å². The predicted octanol–water partition coefficient (Wildman–Crippen LogP) is 1.46. The number of hydrogen-bond donors (Lipinski definition) is 1. The van der Waals surface area contributed by atoms with Crippen molar-refractivity contribution in [2.75, 3.05) is 13.1 Å². The van der Waals surface area contributed by atoms with Crippen molar-refractivity contribution in [3.63, 3.8) is 0 Å². The van der Waals surface area contributed by atoms with Crippen molar-refractivity contribution in [2.24, 2.45) is 11.7 Å². The van der Waals surface area contributed by atoms with E-state index < -0.39 is 0 Å². The van der Waals surface area contributed by atoms with Crippen LogP contribution in [-0.2, 0) is 13.1 Å². The molecule has 0 aromatic carbocycles. The summed E-state index contributed by atoms with van der Waals surface area (Å²) in [6.07, 6.45) is 6.42. The molecule has 2 unspecified atom stereocenters. The fourth-order valence-electron chi connectivity index (χ4n) is 2.73. The molecule has 2 N–H and O–H groups in total. The van der Waals surface area contributed by atoms with Gasteiger partial charge in [0.05, 0.1) is 12.0 Å². The molecule has 1 aliphatic rings. The molecule has 0 radical (unpaired) electrons. The van der Waals surface area contributed by atoms with E-state index in [4.69, 9.17) is 5.73 Å². The van der Waals surface area contributed by atoms with Crippen LogP contribution in [0.25, 0.3) is 0 Å². The predicted molar refractivity (Wildman–Crippen MR) is 69.6 cm³/mol. The third-order valence-electron chi connectivity index (χ3n) is 3.88. The Labute approximate surface area is 104 Å². The van der Waals surface area contributed by atoms with Gasteiger partial charge in [0, 0.05) is 31.9 Å². The molecule has 17 heavy (non-hydrogen) atoms. The highest BCUT2D eigenvalue weighted by atomic mass is 15.2. The van der Waals surface area contributed by atoms with Crippen molar-refractivity contribution in [1.29, 1.82) is 0 Å². The standard InChI is InChI=1S/C13H24N4/c1-3-16-10-15-8-13(16)9-17-5-4-11(2)6-12(17)7-14/h8,10-12H,3-7,9,14H2,1-2H3. The van der Waals surface area contributed by atoms with E-state index in [1.807, 2.05) is 12.5 Å². The highest BCUT2D eigenvalue weighted by molar-refractivity contribution is 4.99. The molecule has 1 fully saturated rings. The molecule has 0 amide bonds. The van der Waals surface area contributed by atoms with Crippen molar-refractivity contribution >= 4 is 0 Å². The molecular formula is C13H24N4. The maximum absolute atomic E-state index is 5.89. The van der Waals surface area contributed by atoms with E-state index in [1.165, 1.54) is 18.5 Å². The van der Waals surface area contributed by atoms with Gasteiger partial charge in [-0.3, -0.25) is 4.90 Å². The summed E-state index contributed by atoms with van der Waals surface area (Å²) in [5.74, 6) is 0.816. The van der Waals surface area contributed by atoms with Crippen molar-refractivity contribution in [1.82, 2.24) is 14.5 Å². The Hall–Kier alpha value is -0.870. The number of hydrogen-bond acceptors (Lipinski definition) is 3. The van der Waals surface area contributed by atoms with Crippen LogP contribution in [0.2, 0.25) is 0 Å². The lowest BCUT2D eigenvalue weighted by Gasteiger charge is -2.37. The molecule has 0 spiro atoms. The minimum Gasteiger partial charge on any atom is -0.334 e. The summed E-state index contributed by atoms with van der Waals surface area (Å²) in [6.45, 7) is 8.40. The third-order valence-corrected chi connectivity index (χ3v) is 3.88. The fourth-order valence-corrected chi connectivity index (χ4v) is 2.73. The number of aromatic nitrogens is 2. The summed E-state index contributed by atoms with van der Waals surface area (Å²) < 4.78 is 2.21. The lowest BCUT2D eigenvalue weighted by molar-refractivity contribution is 0.112. The lowest BCUT2D eigenvalue weighted by Crippen LogP contribution is -2.45. The van der Waals surface area contributed by atoms with E-state index in [9.17, 15) is 0 Å². The first-order valence-electron chi connectivity index (χ1n) is 6.67. The zero-order valence-corrected chi connectivity index (χ0v) is 11.0. The van der Waals surface area contributed by atoms with Crippen LogP contribution in [0.15, 0.2) is 12.5 Å². The minimum absolute atomic E-state index is 0.541. The molecule has 2 rings (SSSR count). The van der Waals surface area contributed by atoms with Crippen LogP contribution in [0.1, 0.15) is 32.4 Å². The number of likely N-dealkylation sites (tertiary alicyclic amines) is 1. The summed E-state index contributed by atoms with van der Waals surface area (Å²) >= 11 is 0. The fraction of sp³-hybridized carbons (Fsp3) is 0.769. The molecule has 1 aromatic rings. The van der Waals surface area contributed by atoms with Gasteiger partial charge in [0.15, 0.2) is 0 Å². The van der Waals surface area contributed by atoms with Gasteiger partial charge in [-0.1, -0.05) is 6.92 Å². The Morgan fingerprint density at radius 3 is 3.06 bits per heavy atom. The summed E-state index contributed by atoms with van der Waals surface area (Å²) in [6, 6.07) is 0.541. The first kappa shape index (κ1) is 12.6. The van der Waals surface area contributed by atoms with Gasteiger partial charge in [-0.15, -0.1) is 0 Å². The third kappa shape index (κ3) is 2.87. The Morgan fingerprint density at radius 2 is 2.35 bits per heavy atom. The minimum atomic E-state index is 0.541. The highest BCUT2D eigenvalue weighted by Gasteiger charge is 2.25. The van der Waals surface area contributed by atoms with Crippen molar-refractivity contribution in [2.45, 2.75) is 45.8 Å². The molecule has 1 saturated heterocycles. The van der Waals surface area contributed by atoms with E-state index in [0.717, 1.165) is 32.1 Å². The molecule has 0 bridgehead atoms. The molecule has 2 atom stereocenters. The second-order valence-electron chi connectivity index (χ2n) is 5.16. The van der Waals surface area contributed by atoms with E-state index in [-0.39, 0.29) is 0 Å². The Balaban J connectivity index is 2.02. The van der Waals surface area contributed by atoms with Crippen LogP contribution in [0.3, 0.4) is 0 Å². The Kier molecular flexibility index (Phi) is 4.18. The molecule has 4 heteroatoms. The molecule has 0 aliphatic carbocycles. The monoisotopic (exact) mass is 236 g/mol. The normalized spacial score (nSPS) is 26.3. The SMILES string of the molecule is CCn1cncc1CN1CCC(C)CC1CN. The van der Waals surface area contributed by atoms with Gasteiger partial charge in [0.2, 0.25) is 0 Å². The molecule has 2 heterocycles. The molecule has 4 nitrogen and oxygen atoms in total. The van der Waals surface area contributed by atoms with Crippen LogP contribution in [0.4, 0.5) is 0 Å². The summed E-state index contributed by atoms with van der Waals surface area (Å²) in [4.78, 5) is 6.75. The van der Waals surface area contributed by atoms with Gasteiger partial charge in [0.1, 0.15) is 0 Å². The van der Waals surface area contributed by atoms with Crippen LogP contribution >= 0.6 is 0 Å². The number of piperidine rings is 1. The number of aryl methyl sites for hydroxylation is 1. The number of nitrogens with zero attached hydrogens (tertiary/aromatic N) is 3. The highest BCUT2D eigenvalue weighted by Crippen LogP contribution is 2.23. The van der Waals surface area contributed by atoms with Crippen LogP contribution in [0, 0.1) is 5.92 Å². The lowest BCUT2D eigenvalue weighted by atomic mass is 9.92. The Morgan fingerprint density at radius 1 is 1.53 bits per heavy atom. The number of imidazole rings is 1. The zero-order valence-electron chi connectivity index (χ0n) is 11.0. The average molecular weight is 236 g/mol. The number of nitrogens with two attached hydrogens (primary N) is 1. The smallest absolute Gasteiger partial charge is 0.0948 e. The summed E-state index contributed by atoms with van der Waals surface area (Å²) in [5.41, 5.74) is 7.20. The average Bonchev–Trinajstić information content (AvgIpc) is 2.78. The van der Waals surface area contributed by atoms with E-state index in [0.29, 0.717) is 6.04 Å². The van der Waals surface area contributed by atoms with Crippen LogP contribution < -0.4 is 5.73 Å². The largest absolute Gasteiger partial charge is 0.334 e. The van der Waals surface area contributed by atoms with Gasteiger partial charge in [-0.05, 0) is 32.2 Å². The van der Waals surface area contributed by atoms with Gasteiger partial charge in [0.25, 0.3) is 0 Å². The molecule has 1 aromatic heterocycles.